The lowest BCUT2D eigenvalue weighted by Crippen LogP contribution is -2.39. The molecule has 2 rings (SSSR count). The number of rotatable bonds is 3. The van der Waals surface area contributed by atoms with Gasteiger partial charge in [0.05, 0.1) is 6.10 Å². The second-order valence-electron chi connectivity index (χ2n) is 4.71. The van der Waals surface area contributed by atoms with Gasteiger partial charge in [-0.05, 0) is 25.0 Å². The third kappa shape index (κ3) is 4.42. The van der Waals surface area contributed by atoms with E-state index in [1.807, 2.05) is 5.32 Å². The first-order valence-corrected chi connectivity index (χ1v) is 6.61. The van der Waals surface area contributed by atoms with Crippen LogP contribution in [0, 0.1) is 0 Å². The number of amides is 2. The van der Waals surface area contributed by atoms with Crippen LogP contribution in [0.2, 0.25) is 0 Å². The molecular weight excluding hydrogens is 303 g/mol. The Morgan fingerprint density at radius 1 is 1.32 bits per heavy atom. The number of pyridine rings is 1. The van der Waals surface area contributed by atoms with Crippen molar-refractivity contribution in [3.05, 3.63) is 23.9 Å². The quantitative estimate of drug-likeness (QED) is 0.824. The van der Waals surface area contributed by atoms with Crippen molar-refractivity contribution in [1.29, 1.82) is 0 Å². The SMILES string of the molecule is O=C(NC[C@H]1CCCO1)C(=O)Nc1cccc(C(F)(F)F)n1. The number of nitrogens with zero attached hydrogens (tertiary/aromatic N) is 1. The minimum absolute atomic E-state index is 0.136. The van der Waals surface area contributed by atoms with Crippen molar-refractivity contribution >= 4 is 17.6 Å². The van der Waals surface area contributed by atoms with E-state index in [0.717, 1.165) is 25.0 Å². The van der Waals surface area contributed by atoms with Crippen LogP contribution in [0.25, 0.3) is 0 Å². The van der Waals surface area contributed by atoms with Crippen LogP contribution in [-0.2, 0) is 20.5 Å². The molecule has 1 aromatic heterocycles. The number of carbonyl (C=O) groups is 2. The van der Waals surface area contributed by atoms with Gasteiger partial charge in [-0.1, -0.05) is 6.07 Å². The molecule has 2 heterocycles. The molecule has 22 heavy (non-hydrogen) atoms. The van der Waals surface area contributed by atoms with Gasteiger partial charge in [-0.15, -0.1) is 0 Å². The molecule has 1 atom stereocenters. The van der Waals surface area contributed by atoms with Crippen molar-refractivity contribution in [2.75, 3.05) is 18.5 Å². The summed E-state index contributed by atoms with van der Waals surface area (Å²) >= 11 is 0. The third-order valence-electron chi connectivity index (χ3n) is 3.00. The Balaban J connectivity index is 1.89. The number of anilines is 1. The maximum atomic E-state index is 12.5. The van der Waals surface area contributed by atoms with Gasteiger partial charge >= 0.3 is 18.0 Å². The average Bonchev–Trinajstić information content (AvgIpc) is 2.97. The van der Waals surface area contributed by atoms with Gasteiger partial charge in [0, 0.05) is 13.2 Å². The van der Waals surface area contributed by atoms with Gasteiger partial charge < -0.3 is 15.4 Å². The molecule has 1 fully saturated rings. The minimum atomic E-state index is -4.62. The normalized spacial score (nSPS) is 18.0. The van der Waals surface area contributed by atoms with Gasteiger partial charge in [0.2, 0.25) is 0 Å². The van der Waals surface area contributed by atoms with E-state index in [-0.39, 0.29) is 18.5 Å². The molecular formula is C13H14F3N3O3. The summed E-state index contributed by atoms with van der Waals surface area (Å²) in [6.45, 7) is 0.795. The lowest BCUT2D eigenvalue weighted by Gasteiger charge is -2.11. The van der Waals surface area contributed by atoms with Gasteiger partial charge in [-0.25, -0.2) is 4.98 Å². The van der Waals surface area contributed by atoms with E-state index in [1.54, 1.807) is 0 Å². The summed E-state index contributed by atoms with van der Waals surface area (Å²) in [5.74, 6) is -2.37. The van der Waals surface area contributed by atoms with Crippen molar-refractivity contribution in [1.82, 2.24) is 10.3 Å². The highest BCUT2D eigenvalue weighted by molar-refractivity contribution is 6.39. The molecule has 0 aliphatic carbocycles. The summed E-state index contributed by atoms with van der Waals surface area (Å²) in [7, 11) is 0. The Bertz CT molecular complexity index is 557. The Labute approximate surface area is 124 Å². The molecule has 0 spiro atoms. The van der Waals surface area contributed by atoms with E-state index >= 15 is 0 Å². The third-order valence-corrected chi connectivity index (χ3v) is 3.00. The summed E-state index contributed by atoms with van der Waals surface area (Å²) in [4.78, 5) is 26.4. The van der Waals surface area contributed by atoms with E-state index in [2.05, 4.69) is 10.3 Å². The van der Waals surface area contributed by atoms with Gasteiger partial charge in [0.25, 0.3) is 0 Å². The van der Waals surface area contributed by atoms with Gasteiger partial charge in [-0.2, -0.15) is 13.2 Å². The van der Waals surface area contributed by atoms with Crippen LogP contribution >= 0.6 is 0 Å². The zero-order valence-electron chi connectivity index (χ0n) is 11.4. The smallest absolute Gasteiger partial charge is 0.376 e. The lowest BCUT2D eigenvalue weighted by molar-refractivity contribution is -0.141. The summed E-state index contributed by atoms with van der Waals surface area (Å²) in [5, 5.41) is 4.39. The number of hydrogen-bond donors (Lipinski definition) is 2. The number of carbonyl (C=O) groups excluding carboxylic acids is 2. The Hall–Kier alpha value is -2.16. The summed E-state index contributed by atoms with van der Waals surface area (Å²) < 4.78 is 42.7. The molecule has 0 saturated carbocycles. The highest BCUT2D eigenvalue weighted by Crippen LogP contribution is 2.28. The maximum absolute atomic E-state index is 12.5. The molecule has 1 aliphatic heterocycles. The van der Waals surface area contributed by atoms with Crippen molar-refractivity contribution in [2.24, 2.45) is 0 Å². The molecule has 1 aromatic rings. The van der Waals surface area contributed by atoms with Crippen LogP contribution in [0.4, 0.5) is 19.0 Å². The van der Waals surface area contributed by atoms with Gasteiger partial charge in [-0.3, -0.25) is 9.59 Å². The molecule has 0 radical (unpaired) electrons. The molecule has 0 bridgehead atoms. The van der Waals surface area contributed by atoms with Gasteiger partial charge in [0.15, 0.2) is 0 Å². The topological polar surface area (TPSA) is 80.3 Å². The predicted molar refractivity (Wildman–Crippen MR) is 69.9 cm³/mol. The average molecular weight is 317 g/mol. The molecule has 1 saturated heterocycles. The van der Waals surface area contributed by atoms with Crippen LogP contribution in [-0.4, -0.2) is 36.1 Å². The molecule has 0 unspecified atom stereocenters. The molecule has 2 N–H and O–H groups in total. The van der Waals surface area contributed by atoms with Crippen LogP contribution in [0.15, 0.2) is 18.2 Å². The summed E-state index contributed by atoms with van der Waals surface area (Å²) in [6, 6.07) is 3.03. The Kier molecular flexibility index (Phi) is 4.96. The number of alkyl halides is 3. The monoisotopic (exact) mass is 317 g/mol. The van der Waals surface area contributed by atoms with Crippen LogP contribution in [0.3, 0.4) is 0 Å². The van der Waals surface area contributed by atoms with Crippen molar-refractivity contribution in [2.45, 2.75) is 25.1 Å². The largest absolute Gasteiger partial charge is 0.433 e. The second kappa shape index (κ2) is 6.73. The van der Waals surface area contributed by atoms with E-state index in [4.69, 9.17) is 4.74 Å². The standard InChI is InChI=1S/C13H14F3N3O3/c14-13(15,16)9-4-1-5-10(18-9)19-12(21)11(20)17-7-8-3-2-6-22-8/h1,4-5,8H,2-3,6-7H2,(H,17,20)(H,18,19,21)/t8-/m1/s1. The fraction of sp³-hybridized carbons (Fsp3) is 0.462. The minimum Gasteiger partial charge on any atom is -0.376 e. The fourth-order valence-electron chi connectivity index (χ4n) is 1.93. The number of aromatic nitrogens is 1. The van der Waals surface area contributed by atoms with E-state index < -0.39 is 23.7 Å². The zero-order chi connectivity index (χ0) is 16.2. The van der Waals surface area contributed by atoms with E-state index in [0.29, 0.717) is 6.61 Å². The molecule has 6 nitrogen and oxygen atoms in total. The molecule has 9 heteroatoms. The van der Waals surface area contributed by atoms with Crippen molar-refractivity contribution < 1.29 is 27.5 Å². The number of hydrogen-bond acceptors (Lipinski definition) is 4. The maximum Gasteiger partial charge on any atom is 0.433 e. The first-order chi connectivity index (χ1) is 10.4. The lowest BCUT2D eigenvalue weighted by atomic mass is 10.2. The Morgan fingerprint density at radius 2 is 2.09 bits per heavy atom. The fourth-order valence-corrected chi connectivity index (χ4v) is 1.93. The summed E-state index contributed by atoms with van der Waals surface area (Å²) in [6.07, 6.45) is -3.08. The number of halogens is 3. The first kappa shape index (κ1) is 16.2. The second-order valence-corrected chi connectivity index (χ2v) is 4.71. The number of ether oxygens (including phenoxy) is 1. The van der Waals surface area contributed by atoms with E-state index in [9.17, 15) is 22.8 Å². The van der Waals surface area contributed by atoms with Crippen molar-refractivity contribution in [3.63, 3.8) is 0 Å². The van der Waals surface area contributed by atoms with Crippen molar-refractivity contribution in [3.8, 4) is 0 Å². The molecule has 2 amide bonds. The first-order valence-electron chi connectivity index (χ1n) is 6.61. The van der Waals surface area contributed by atoms with Crippen LogP contribution in [0.1, 0.15) is 18.5 Å². The molecule has 1 aliphatic rings. The highest BCUT2D eigenvalue weighted by atomic mass is 19.4. The molecule has 120 valence electrons. The number of nitrogens with one attached hydrogen (secondary N) is 2. The van der Waals surface area contributed by atoms with E-state index in [1.165, 1.54) is 6.07 Å². The summed E-state index contributed by atoms with van der Waals surface area (Å²) in [5.41, 5.74) is -1.15. The zero-order valence-corrected chi connectivity index (χ0v) is 11.4. The predicted octanol–water partition coefficient (Wildman–Crippen LogP) is 1.33. The van der Waals surface area contributed by atoms with Crippen LogP contribution < -0.4 is 10.6 Å². The van der Waals surface area contributed by atoms with Gasteiger partial charge in [0.1, 0.15) is 11.5 Å². The molecule has 0 aromatic carbocycles. The Morgan fingerprint density at radius 3 is 2.73 bits per heavy atom. The highest BCUT2D eigenvalue weighted by Gasteiger charge is 2.32. The van der Waals surface area contributed by atoms with Crippen LogP contribution in [0.5, 0.6) is 0 Å².